The first kappa shape index (κ1) is 15.9. The van der Waals surface area contributed by atoms with Crippen LogP contribution in [0.15, 0.2) is 11.2 Å². The van der Waals surface area contributed by atoms with E-state index >= 15 is 0 Å². The number of carbonyl (C=O) groups is 2. The van der Waals surface area contributed by atoms with Crippen molar-refractivity contribution in [2.24, 2.45) is 5.92 Å². The molecule has 114 valence electrons. The number of piperidine rings is 1. The quantitative estimate of drug-likeness (QED) is 0.749. The van der Waals surface area contributed by atoms with Crippen LogP contribution in [0.25, 0.3) is 5.57 Å². The van der Waals surface area contributed by atoms with E-state index in [9.17, 15) is 0 Å². The van der Waals surface area contributed by atoms with Crippen molar-refractivity contribution in [3.05, 3.63) is 16.9 Å². The van der Waals surface area contributed by atoms with Gasteiger partial charge in [0.1, 0.15) is 5.69 Å². The summed E-state index contributed by atoms with van der Waals surface area (Å²) in [6, 6.07) is 0. The zero-order valence-electron chi connectivity index (χ0n) is 11.0. The third kappa shape index (κ3) is 3.99. The summed E-state index contributed by atoms with van der Waals surface area (Å²) < 4.78 is 8.32. The van der Waals surface area contributed by atoms with Crippen molar-refractivity contribution in [3.63, 3.8) is 0 Å². The SMILES string of the molecule is ClC1=C(c2cnsn2)CN2CCCC1C2.O=C(O)C(=O)O. The Balaban J connectivity index is 0.000000232. The number of aromatic nitrogens is 2. The Morgan fingerprint density at radius 2 is 2.10 bits per heavy atom. The highest BCUT2D eigenvalue weighted by Gasteiger charge is 2.31. The predicted octanol–water partition coefficient (Wildman–Crippen LogP) is 1.37. The van der Waals surface area contributed by atoms with Gasteiger partial charge in [0, 0.05) is 29.6 Å². The van der Waals surface area contributed by atoms with Crippen molar-refractivity contribution in [1.82, 2.24) is 13.6 Å². The summed E-state index contributed by atoms with van der Waals surface area (Å²) in [7, 11) is 0. The van der Waals surface area contributed by atoms with Gasteiger partial charge in [0.15, 0.2) is 0 Å². The molecule has 0 radical (unpaired) electrons. The van der Waals surface area contributed by atoms with E-state index in [2.05, 4.69) is 13.6 Å². The number of rotatable bonds is 1. The molecule has 2 aliphatic heterocycles. The molecule has 0 aliphatic carbocycles. The largest absolute Gasteiger partial charge is 0.473 e. The molecule has 2 aliphatic rings. The number of hydrogen-bond donors (Lipinski definition) is 2. The second-order valence-corrected chi connectivity index (χ2v) is 5.77. The molecular formula is C12H14ClN3O4S. The minimum absolute atomic E-state index is 0.533. The highest BCUT2D eigenvalue weighted by molar-refractivity contribution is 6.99. The Labute approximate surface area is 130 Å². The van der Waals surface area contributed by atoms with Crippen LogP contribution >= 0.6 is 23.3 Å². The lowest BCUT2D eigenvalue weighted by Gasteiger charge is -2.38. The predicted molar refractivity (Wildman–Crippen MR) is 77.1 cm³/mol. The van der Waals surface area contributed by atoms with E-state index in [-0.39, 0.29) is 0 Å². The summed E-state index contributed by atoms with van der Waals surface area (Å²) >= 11 is 7.68. The van der Waals surface area contributed by atoms with Gasteiger partial charge in [0.05, 0.1) is 17.9 Å². The minimum Gasteiger partial charge on any atom is -0.473 e. The van der Waals surface area contributed by atoms with Crippen molar-refractivity contribution >= 4 is 40.8 Å². The molecule has 1 aromatic rings. The highest BCUT2D eigenvalue weighted by atomic mass is 35.5. The molecule has 2 unspecified atom stereocenters. The normalized spacial score (nSPS) is 24.0. The van der Waals surface area contributed by atoms with Crippen molar-refractivity contribution < 1.29 is 19.8 Å². The fourth-order valence-corrected chi connectivity index (χ4v) is 3.23. The van der Waals surface area contributed by atoms with Crippen LogP contribution in [0.4, 0.5) is 0 Å². The zero-order chi connectivity index (χ0) is 15.4. The molecule has 3 heterocycles. The Morgan fingerprint density at radius 3 is 2.67 bits per heavy atom. The van der Waals surface area contributed by atoms with Gasteiger partial charge in [0.2, 0.25) is 0 Å². The monoisotopic (exact) mass is 331 g/mol. The summed E-state index contributed by atoms with van der Waals surface area (Å²) in [6.07, 6.45) is 4.31. The summed E-state index contributed by atoms with van der Waals surface area (Å²) in [5.74, 6) is -3.11. The van der Waals surface area contributed by atoms with E-state index in [4.69, 9.17) is 31.4 Å². The van der Waals surface area contributed by atoms with E-state index in [1.807, 2.05) is 6.20 Å². The van der Waals surface area contributed by atoms with Crippen molar-refractivity contribution in [2.75, 3.05) is 19.6 Å². The standard InChI is InChI=1S/C10H12ClN3S.C2H2O4/c11-10-7-2-1-3-14(5-7)6-8(10)9-4-12-15-13-9;3-1(4)2(5)6/h4,7H,1-3,5-6H2;(H,3,4)(H,5,6). The molecule has 0 amide bonds. The second-order valence-electron chi connectivity index (χ2n) is 4.80. The van der Waals surface area contributed by atoms with Crippen LogP contribution < -0.4 is 0 Å². The van der Waals surface area contributed by atoms with Crippen molar-refractivity contribution in [2.45, 2.75) is 12.8 Å². The zero-order valence-corrected chi connectivity index (χ0v) is 12.6. The molecule has 1 fully saturated rings. The van der Waals surface area contributed by atoms with E-state index in [1.54, 1.807) is 0 Å². The molecule has 2 N–H and O–H groups in total. The number of aliphatic carboxylic acids is 2. The summed E-state index contributed by atoms with van der Waals surface area (Å²) in [5, 5.41) is 15.8. The maximum Gasteiger partial charge on any atom is 0.414 e. The number of fused-ring (bicyclic) bond motifs is 2. The molecule has 21 heavy (non-hydrogen) atoms. The highest BCUT2D eigenvalue weighted by Crippen LogP contribution is 2.37. The molecule has 9 heteroatoms. The fourth-order valence-electron chi connectivity index (χ4n) is 2.45. The first-order chi connectivity index (χ1) is 9.99. The smallest absolute Gasteiger partial charge is 0.414 e. The first-order valence-corrected chi connectivity index (χ1v) is 7.45. The summed E-state index contributed by atoms with van der Waals surface area (Å²) in [4.78, 5) is 20.7. The Bertz CT molecular complexity index is 549. The number of carboxylic acid groups (broad SMARTS) is 2. The summed E-state index contributed by atoms with van der Waals surface area (Å²) in [5.41, 5.74) is 2.17. The average Bonchev–Trinajstić information content (AvgIpc) is 2.98. The molecule has 7 nitrogen and oxygen atoms in total. The van der Waals surface area contributed by atoms with Gasteiger partial charge in [-0.15, -0.1) is 0 Å². The van der Waals surface area contributed by atoms with Crippen LogP contribution in [0.2, 0.25) is 0 Å². The number of hydrogen-bond acceptors (Lipinski definition) is 6. The molecule has 3 rings (SSSR count). The maximum absolute atomic E-state index is 9.10. The third-order valence-electron chi connectivity index (χ3n) is 3.39. The lowest BCUT2D eigenvalue weighted by atomic mass is 9.90. The van der Waals surface area contributed by atoms with Crippen LogP contribution in [-0.4, -0.2) is 55.4 Å². The van der Waals surface area contributed by atoms with E-state index in [0.29, 0.717) is 5.92 Å². The molecular weight excluding hydrogens is 318 g/mol. The van der Waals surface area contributed by atoms with E-state index in [0.717, 1.165) is 23.8 Å². The van der Waals surface area contributed by atoms with Gasteiger partial charge in [0.25, 0.3) is 0 Å². The van der Waals surface area contributed by atoms with Gasteiger partial charge in [-0.25, -0.2) is 9.59 Å². The van der Waals surface area contributed by atoms with Crippen molar-refractivity contribution in [3.8, 4) is 0 Å². The molecule has 2 bridgehead atoms. The van der Waals surface area contributed by atoms with Gasteiger partial charge < -0.3 is 10.2 Å². The van der Waals surface area contributed by atoms with Crippen molar-refractivity contribution in [1.29, 1.82) is 0 Å². The van der Waals surface area contributed by atoms with Gasteiger partial charge in [-0.05, 0) is 19.4 Å². The van der Waals surface area contributed by atoms with Gasteiger partial charge in [-0.2, -0.15) is 8.75 Å². The first-order valence-electron chi connectivity index (χ1n) is 6.34. The van der Waals surface area contributed by atoms with Crippen LogP contribution in [-0.2, 0) is 9.59 Å². The summed E-state index contributed by atoms with van der Waals surface area (Å²) in [6.45, 7) is 3.27. The Kier molecular flexibility index (Phi) is 5.27. The molecule has 1 saturated heterocycles. The molecule has 0 saturated carbocycles. The topological polar surface area (TPSA) is 104 Å². The van der Waals surface area contributed by atoms with Crippen LogP contribution in [0.5, 0.6) is 0 Å². The third-order valence-corrected chi connectivity index (χ3v) is 4.40. The Hall–Kier alpha value is -1.51. The second kappa shape index (κ2) is 6.97. The number of halogens is 1. The number of carboxylic acids is 2. The van der Waals surface area contributed by atoms with Crippen LogP contribution in [0, 0.1) is 5.92 Å². The van der Waals surface area contributed by atoms with E-state index in [1.165, 1.54) is 36.7 Å². The lowest BCUT2D eigenvalue weighted by Crippen LogP contribution is -2.40. The Morgan fingerprint density at radius 1 is 1.38 bits per heavy atom. The molecule has 2 atom stereocenters. The molecule has 0 aromatic carbocycles. The molecule has 1 aromatic heterocycles. The van der Waals surface area contributed by atoms with Gasteiger partial charge in [-0.3, -0.25) is 4.90 Å². The van der Waals surface area contributed by atoms with E-state index < -0.39 is 11.9 Å². The average molecular weight is 332 g/mol. The molecule has 0 spiro atoms. The minimum atomic E-state index is -1.82. The van der Waals surface area contributed by atoms with Crippen LogP contribution in [0.1, 0.15) is 18.5 Å². The number of nitrogens with zero attached hydrogens (tertiary/aromatic N) is 3. The van der Waals surface area contributed by atoms with Crippen LogP contribution in [0.3, 0.4) is 0 Å². The lowest BCUT2D eigenvalue weighted by molar-refractivity contribution is -0.159. The fraction of sp³-hybridized carbons (Fsp3) is 0.500. The maximum atomic E-state index is 9.10. The van der Waals surface area contributed by atoms with Gasteiger partial charge in [-0.1, -0.05) is 11.6 Å². The van der Waals surface area contributed by atoms with Gasteiger partial charge >= 0.3 is 11.9 Å².